The SMILES string of the molecule is C=C1C=c2ncnc(NCc3cccc(C(F)F)c3F)c2=CN1C1(C)CC1. The van der Waals surface area contributed by atoms with Gasteiger partial charge in [0.1, 0.15) is 18.0 Å². The van der Waals surface area contributed by atoms with E-state index in [4.69, 9.17) is 0 Å². The van der Waals surface area contributed by atoms with E-state index < -0.39 is 17.8 Å². The van der Waals surface area contributed by atoms with Crippen molar-refractivity contribution in [1.82, 2.24) is 14.9 Å². The molecule has 4 nitrogen and oxygen atoms in total. The first-order valence-electron chi connectivity index (χ1n) is 8.71. The van der Waals surface area contributed by atoms with Crippen molar-refractivity contribution in [2.24, 2.45) is 0 Å². The first-order chi connectivity index (χ1) is 12.9. The Kier molecular flexibility index (Phi) is 4.17. The van der Waals surface area contributed by atoms with E-state index in [9.17, 15) is 13.2 Å². The lowest BCUT2D eigenvalue weighted by Gasteiger charge is -2.30. The van der Waals surface area contributed by atoms with Crippen LogP contribution in [0.5, 0.6) is 0 Å². The highest BCUT2D eigenvalue weighted by Gasteiger charge is 2.43. The largest absolute Gasteiger partial charge is 0.365 e. The third-order valence-electron chi connectivity index (χ3n) is 5.13. The summed E-state index contributed by atoms with van der Waals surface area (Å²) in [5, 5.41) is 4.56. The van der Waals surface area contributed by atoms with Gasteiger partial charge in [0.2, 0.25) is 0 Å². The number of nitrogens with one attached hydrogen (secondary N) is 1. The van der Waals surface area contributed by atoms with Crippen LogP contribution in [0.1, 0.15) is 37.3 Å². The van der Waals surface area contributed by atoms with Crippen LogP contribution in [0, 0.1) is 5.82 Å². The Bertz CT molecular complexity index is 1030. The average Bonchev–Trinajstić information content (AvgIpc) is 3.38. The summed E-state index contributed by atoms with van der Waals surface area (Å²) in [6, 6.07) is 4.01. The van der Waals surface area contributed by atoms with Crippen LogP contribution in [0.25, 0.3) is 12.3 Å². The molecule has 7 heteroatoms. The zero-order valence-corrected chi connectivity index (χ0v) is 14.8. The van der Waals surface area contributed by atoms with Gasteiger partial charge in [0, 0.05) is 29.5 Å². The number of hydrogen-bond acceptors (Lipinski definition) is 4. The van der Waals surface area contributed by atoms with Crippen molar-refractivity contribution < 1.29 is 13.2 Å². The van der Waals surface area contributed by atoms with Gasteiger partial charge in [-0.05, 0) is 25.8 Å². The highest BCUT2D eigenvalue weighted by Crippen LogP contribution is 2.43. The van der Waals surface area contributed by atoms with Crippen molar-refractivity contribution in [1.29, 1.82) is 0 Å². The number of allylic oxidation sites excluding steroid dienone is 1. The fraction of sp³-hybridized carbons (Fsp3) is 0.300. The molecule has 0 amide bonds. The fourth-order valence-corrected chi connectivity index (χ4v) is 3.24. The maximum atomic E-state index is 14.3. The fourth-order valence-electron chi connectivity index (χ4n) is 3.24. The molecule has 0 unspecified atom stereocenters. The number of alkyl halides is 2. The molecule has 1 fully saturated rings. The molecule has 1 aliphatic carbocycles. The lowest BCUT2D eigenvalue weighted by molar-refractivity contribution is 0.146. The second-order valence-corrected chi connectivity index (χ2v) is 7.13. The number of nitrogens with zero attached hydrogens (tertiary/aromatic N) is 3. The summed E-state index contributed by atoms with van der Waals surface area (Å²) in [6.45, 7) is 6.31. The van der Waals surface area contributed by atoms with Crippen molar-refractivity contribution in [2.45, 2.75) is 38.3 Å². The highest BCUT2D eigenvalue weighted by molar-refractivity contribution is 5.57. The molecule has 0 saturated heterocycles. The van der Waals surface area contributed by atoms with Gasteiger partial charge in [-0.15, -0.1) is 0 Å². The number of aromatic nitrogens is 2. The van der Waals surface area contributed by atoms with Crippen molar-refractivity contribution in [3.05, 3.63) is 64.3 Å². The average molecular weight is 372 g/mol. The van der Waals surface area contributed by atoms with Gasteiger partial charge in [0.05, 0.1) is 16.1 Å². The molecule has 0 bridgehead atoms. The molecule has 27 heavy (non-hydrogen) atoms. The van der Waals surface area contributed by atoms with Crippen LogP contribution in [-0.2, 0) is 6.54 Å². The predicted octanol–water partition coefficient (Wildman–Crippen LogP) is 3.07. The van der Waals surface area contributed by atoms with Gasteiger partial charge in [-0.1, -0.05) is 24.8 Å². The number of fused-ring (bicyclic) bond motifs is 1. The van der Waals surface area contributed by atoms with Gasteiger partial charge in [-0.2, -0.15) is 0 Å². The number of halogens is 3. The van der Waals surface area contributed by atoms with Gasteiger partial charge in [-0.25, -0.2) is 23.1 Å². The first-order valence-corrected chi connectivity index (χ1v) is 8.71. The molecule has 0 spiro atoms. The van der Waals surface area contributed by atoms with Crippen LogP contribution in [0.2, 0.25) is 0 Å². The molecular formula is C20H19F3N4. The molecule has 1 saturated carbocycles. The standard InChI is InChI=1S/C20H19F3N4/c1-12-8-16-15(10-27(12)20(2)6-7-20)19(26-11-25-16)24-9-13-4-3-5-14(17(13)21)18(22)23/h3-5,8,10-11,18H,1,6-7,9H2,2H3,(H,24,25,26). The van der Waals surface area contributed by atoms with E-state index in [0.717, 1.165) is 35.2 Å². The molecule has 1 aliphatic heterocycles. The number of anilines is 1. The summed E-state index contributed by atoms with van der Waals surface area (Å²) < 4.78 is 40.0. The van der Waals surface area contributed by atoms with E-state index in [0.29, 0.717) is 5.82 Å². The monoisotopic (exact) mass is 372 g/mol. The minimum Gasteiger partial charge on any atom is -0.365 e. The molecule has 2 aromatic rings. The number of benzene rings is 1. The Labute approximate surface area is 154 Å². The minimum absolute atomic E-state index is 0.0436. The van der Waals surface area contributed by atoms with E-state index in [-0.39, 0.29) is 17.6 Å². The van der Waals surface area contributed by atoms with Crippen molar-refractivity contribution >= 4 is 18.1 Å². The van der Waals surface area contributed by atoms with Crippen molar-refractivity contribution in [3.63, 3.8) is 0 Å². The maximum Gasteiger partial charge on any atom is 0.266 e. The van der Waals surface area contributed by atoms with Gasteiger partial charge in [0.15, 0.2) is 0 Å². The molecule has 2 heterocycles. The van der Waals surface area contributed by atoms with Crippen LogP contribution >= 0.6 is 0 Å². The molecular weight excluding hydrogens is 353 g/mol. The van der Waals surface area contributed by atoms with Crippen molar-refractivity contribution in [3.8, 4) is 0 Å². The maximum absolute atomic E-state index is 14.3. The van der Waals surface area contributed by atoms with E-state index in [1.54, 1.807) is 0 Å². The normalized spacial score (nSPS) is 17.2. The third-order valence-corrected chi connectivity index (χ3v) is 5.13. The lowest BCUT2D eigenvalue weighted by atomic mass is 10.1. The third kappa shape index (κ3) is 3.18. The summed E-state index contributed by atoms with van der Waals surface area (Å²) >= 11 is 0. The van der Waals surface area contributed by atoms with Crippen LogP contribution in [-0.4, -0.2) is 20.4 Å². The Hall–Kier alpha value is -2.83. The Morgan fingerprint density at radius 2 is 2.07 bits per heavy atom. The van der Waals surface area contributed by atoms with Crippen LogP contribution in [0.4, 0.5) is 19.0 Å². The molecule has 1 aromatic heterocycles. The van der Waals surface area contributed by atoms with E-state index >= 15 is 0 Å². The molecule has 0 atom stereocenters. The van der Waals surface area contributed by atoms with E-state index in [1.165, 1.54) is 18.5 Å². The second-order valence-electron chi connectivity index (χ2n) is 7.13. The predicted molar refractivity (Wildman–Crippen MR) is 97.5 cm³/mol. The van der Waals surface area contributed by atoms with Crippen LogP contribution in [0.3, 0.4) is 0 Å². The molecule has 0 radical (unpaired) electrons. The van der Waals surface area contributed by atoms with Gasteiger partial charge in [0.25, 0.3) is 6.43 Å². The summed E-state index contributed by atoms with van der Waals surface area (Å²) in [5.74, 6) is -0.362. The Morgan fingerprint density at radius 3 is 2.78 bits per heavy atom. The summed E-state index contributed by atoms with van der Waals surface area (Å²) in [7, 11) is 0. The Balaban J connectivity index is 1.66. The van der Waals surface area contributed by atoms with Crippen LogP contribution < -0.4 is 15.9 Å². The zero-order valence-electron chi connectivity index (χ0n) is 14.8. The summed E-state index contributed by atoms with van der Waals surface area (Å²) in [4.78, 5) is 10.6. The minimum atomic E-state index is -2.85. The first kappa shape index (κ1) is 17.6. The highest BCUT2D eigenvalue weighted by atomic mass is 19.3. The van der Waals surface area contributed by atoms with E-state index in [2.05, 4.69) is 33.7 Å². The van der Waals surface area contributed by atoms with E-state index in [1.807, 2.05) is 12.3 Å². The molecule has 4 rings (SSSR count). The van der Waals surface area contributed by atoms with Gasteiger partial charge < -0.3 is 10.2 Å². The quantitative estimate of drug-likeness (QED) is 0.876. The second kappa shape index (κ2) is 6.40. The van der Waals surface area contributed by atoms with Gasteiger partial charge in [-0.3, -0.25) is 0 Å². The smallest absolute Gasteiger partial charge is 0.266 e. The lowest BCUT2D eigenvalue weighted by Crippen LogP contribution is -2.42. The molecule has 2 aliphatic rings. The van der Waals surface area contributed by atoms with Gasteiger partial charge >= 0.3 is 0 Å². The Morgan fingerprint density at radius 1 is 1.30 bits per heavy atom. The van der Waals surface area contributed by atoms with Crippen LogP contribution in [0.15, 0.2) is 36.8 Å². The number of rotatable bonds is 5. The summed E-state index contributed by atoms with van der Waals surface area (Å²) in [5.41, 5.74) is 0.483. The van der Waals surface area contributed by atoms with Crippen molar-refractivity contribution in [2.75, 3.05) is 5.32 Å². The summed E-state index contributed by atoms with van der Waals surface area (Å²) in [6.07, 6.45) is 4.57. The molecule has 1 aromatic carbocycles. The molecule has 1 N–H and O–H groups in total. The zero-order chi connectivity index (χ0) is 19.2. The number of hydrogen-bond donors (Lipinski definition) is 1. The topological polar surface area (TPSA) is 41.1 Å². The molecule has 140 valence electrons.